The number of fused-ring (bicyclic) bond motifs is 2. The summed E-state index contributed by atoms with van der Waals surface area (Å²) in [5.74, 6) is 3.23. The topological polar surface area (TPSA) is 18.5 Å². The zero-order valence-electron chi connectivity index (χ0n) is 20.0. The number of benzene rings is 1. The van der Waals surface area contributed by atoms with Crippen LogP contribution in [0.25, 0.3) is 12.2 Å². The van der Waals surface area contributed by atoms with E-state index in [1.807, 2.05) is 0 Å². The molecule has 0 bridgehead atoms. The SMILES string of the molecule is C.C.C.C.C.C.CCCCC(CC)COc1c2c(c(OCC(CC)CCCC)c3c1=S=C=C3)=S=C=C2.[Sn].[Sn]. The second-order valence-corrected chi connectivity index (χ2v) is 10.0. The van der Waals surface area contributed by atoms with E-state index >= 15 is 0 Å². The van der Waals surface area contributed by atoms with Crippen LogP contribution in [-0.4, -0.2) is 71.1 Å². The molecule has 0 saturated heterocycles. The van der Waals surface area contributed by atoms with E-state index in [4.69, 9.17) is 9.47 Å². The minimum absolute atomic E-state index is 0. The second kappa shape index (κ2) is 27.3. The van der Waals surface area contributed by atoms with Gasteiger partial charge in [0, 0.05) is 71.1 Å². The van der Waals surface area contributed by atoms with Gasteiger partial charge in [-0.2, -0.15) is 0 Å². The summed E-state index contributed by atoms with van der Waals surface area (Å²) < 4.78 is 15.3. The van der Waals surface area contributed by atoms with E-state index in [-0.39, 0.29) is 92.4 Å². The predicted molar refractivity (Wildman–Crippen MR) is 188 cm³/mol. The van der Waals surface area contributed by atoms with Crippen molar-refractivity contribution in [3.05, 3.63) is 20.1 Å². The second-order valence-electron chi connectivity index (χ2n) is 8.33. The summed E-state index contributed by atoms with van der Waals surface area (Å²) in [7, 11) is 3.28. The number of ether oxygens (including phenoxy) is 2. The third-order valence-electron chi connectivity index (χ3n) is 6.13. The summed E-state index contributed by atoms with van der Waals surface area (Å²) >= 11 is 0. The Morgan fingerprint density at radius 2 is 0.974 bits per heavy atom. The molecule has 0 saturated carbocycles. The summed E-state index contributed by atoms with van der Waals surface area (Å²) in [5.41, 5.74) is 2.29. The van der Waals surface area contributed by atoms with E-state index < -0.39 is 0 Å². The van der Waals surface area contributed by atoms with Gasteiger partial charge >= 0.3 is 0 Å². The zero-order valence-corrected chi connectivity index (χ0v) is 27.4. The standard InChI is InChI=1S/C26H36O2S2.6CH4.2Sn/c1-5-9-11-19(7-3)17-27-23-21-13-15-30-26(21)24(22-14-16-29-25(22)23)28-18-20(8-4)12-10-6-2;;;;;;;;/h13-14,19-20H,5-12,17-18H2,1-4H3;6*1H4;;. The Hall–Kier alpha value is 0.157. The molecule has 2 nitrogen and oxygen atoms in total. The fourth-order valence-corrected chi connectivity index (χ4v) is 5.58. The van der Waals surface area contributed by atoms with Crippen LogP contribution in [0.2, 0.25) is 0 Å². The minimum Gasteiger partial charge on any atom is -0.491 e. The van der Waals surface area contributed by atoms with Crippen molar-refractivity contribution in [1.82, 2.24) is 0 Å². The van der Waals surface area contributed by atoms with Gasteiger partial charge in [0.2, 0.25) is 0 Å². The summed E-state index contributed by atoms with van der Waals surface area (Å²) in [6, 6.07) is 0. The molecule has 6 heteroatoms. The Morgan fingerprint density at radius 1 is 0.632 bits per heavy atom. The molecule has 220 valence electrons. The predicted octanol–water partition coefficient (Wildman–Crippen LogP) is 10.8. The van der Waals surface area contributed by atoms with Crippen LogP contribution in [0.4, 0.5) is 0 Å². The van der Waals surface area contributed by atoms with Gasteiger partial charge in [-0.15, -0.1) is 0 Å². The van der Waals surface area contributed by atoms with Crippen molar-refractivity contribution in [2.75, 3.05) is 13.2 Å². The summed E-state index contributed by atoms with van der Waals surface area (Å²) in [4.78, 5) is 0. The molecule has 2 aliphatic heterocycles. The molecular weight excluding hydrogens is 718 g/mol. The number of hydrogen-bond acceptors (Lipinski definition) is 2. The molecule has 0 aliphatic carbocycles. The molecule has 38 heavy (non-hydrogen) atoms. The molecule has 0 amide bonds. The van der Waals surface area contributed by atoms with Gasteiger partial charge in [-0.1, -0.05) is 143 Å². The minimum atomic E-state index is 0. The van der Waals surface area contributed by atoms with Crippen molar-refractivity contribution in [2.45, 2.75) is 124 Å². The van der Waals surface area contributed by atoms with Crippen LogP contribution in [0.15, 0.2) is 0 Å². The van der Waals surface area contributed by atoms with Crippen molar-refractivity contribution >= 4 is 91.9 Å². The first-order valence-corrected chi connectivity index (χ1v) is 13.4. The Bertz CT molecular complexity index is 945. The van der Waals surface area contributed by atoms with E-state index in [1.165, 1.54) is 38.5 Å². The van der Waals surface area contributed by atoms with Crippen LogP contribution < -0.4 is 9.47 Å². The van der Waals surface area contributed by atoms with E-state index in [2.05, 4.69) is 49.9 Å². The van der Waals surface area contributed by atoms with E-state index in [1.54, 1.807) is 21.9 Å². The van der Waals surface area contributed by atoms with Crippen LogP contribution in [0.3, 0.4) is 0 Å². The van der Waals surface area contributed by atoms with Gasteiger partial charge in [-0.25, -0.2) is 0 Å². The van der Waals surface area contributed by atoms with Crippen molar-refractivity contribution in [1.29, 1.82) is 0 Å². The Labute approximate surface area is 279 Å². The van der Waals surface area contributed by atoms with Gasteiger partial charge in [-0.3, -0.25) is 0 Å². The van der Waals surface area contributed by atoms with Crippen molar-refractivity contribution < 1.29 is 9.47 Å². The normalized spacial score (nSPS) is 11.7. The average Bonchev–Trinajstić information content (AvgIpc) is 3.44. The molecule has 2 unspecified atom stereocenters. The average molecular weight is 778 g/mol. The fraction of sp³-hybridized carbons (Fsp3) is 0.688. The molecule has 2 heterocycles. The molecule has 0 fully saturated rings. The van der Waals surface area contributed by atoms with Crippen LogP contribution in [0.5, 0.6) is 11.5 Å². The maximum absolute atomic E-state index is 6.48. The first-order chi connectivity index (χ1) is 14.7. The Balaban J connectivity index is -0.000000320. The molecule has 0 N–H and O–H groups in total. The van der Waals surface area contributed by atoms with Crippen molar-refractivity contribution in [3.8, 4) is 11.5 Å². The molecular formula is C32H60O2S2Sn2. The molecule has 3 rings (SSSR count). The van der Waals surface area contributed by atoms with Crippen LogP contribution >= 0.6 is 21.9 Å². The largest absolute Gasteiger partial charge is 0.491 e. The van der Waals surface area contributed by atoms with Gasteiger partial charge in [0.15, 0.2) is 0 Å². The molecule has 8 radical (unpaired) electrons. The third-order valence-corrected chi connectivity index (χ3v) is 7.82. The first-order valence-electron chi connectivity index (χ1n) is 11.7. The van der Waals surface area contributed by atoms with Gasteiger partial charge in [-0.05, 0) is 24.7 Å². The maximum atomic E-state index is 6.48. The monoisotopic (exact) mass is 780 g/mol. The summed E-state index contributed by atoms with van der Waals surface area (Å²) in [5, 5.41) is 6.66. The van der Waals surface area contributed by atoms with Gasteiger partial charge < -0.3 is 9.47 Å². The molecule has 0 spiro atoms. The van der Waals surface area contributed by atoms with E-state index in [0.29, 0.717) is 11.8 Å². The molecule has 0 aromatic heterocycles. The molecule has 1 aromatic carbocycles. The first kappa shape index (κ1) is 50.9. The van der Waals surface area contributed by atoms with Crippen LogP contribution in [0.1, 0.15) is 135 Å². The van der Waals surface area contributed by atoms with Crippen LogP contribution in [0, 0.1) is 20.9 Å². The zero-order chi connectivity index (χ0) is 21.3. The van der Waals surface area contributed by atoms with E-state index in [0.717, 1.165) is 57.7 Å². The molecule has 2 aliphatic rings. The smallest absolute Gasteiger partial charge is 0.147 e. The maximum Gasteiger partial charge on any atom is 0.147 e. The van der Waals surface area contributed by atoms with Crippen molar-refractivity contribution in [3.63, 3.8) is 0 Å². The Kier molecular flexibility index (Phi) is 36.6. The number of hydrogen-bond donors (Lipinski definition) is 0. The Morgan fingerprint density at radius 3 is 1.26 bits per heavy atom. The molecule has 1 aromatic rings. The van der Waals surface area contributed by atoms with Crippen LogP contribution in [-0.2, 0) is 0 Å². The number of rotatable bonds is 14. The summed E-state index contributed by atoms with van der Waals surface area (Å²) in [6.07, 6.45) is 14.0. The van der Waals surface area contributed by atoms with E-state index in [9.17, 15) is 0 Å². The van der Waals surface area contributed by atoms with Gasteiger partial charge in [0.1, 0.15) is 11.5 Å². The van der Waals surface area contributed by atoms with Gasteiger partial charge in [0.25, 0.3) is 0 Å². The third kappa shape index (κ3) is 13.2. The molecule has 2 atom stereocenters. The quantitative estimate of drug-likeness (QED) is 0.120. The number of unbranched alkanes of at least 4 members (excludes halogenated alkanes) is 2. The van der Waals surface area contributed by atoms with Gasteiger partial charge in [0.05, 0.1) is 22.2 Å². The summed E-state index contributed by atoms with van der Waals surface area (Å²) in [6.45, 7) is 10.6. The fourth-order valence-electron chi connectivity index (χ4n) is 3.94. The van der Waals surface area contributed by atoms with Crippen molar-refractivity contribution in [2.24, 2.45) is 11.8 Å².